The normalized spacial score (nSPS) is 10.3. The van der Waals surface area contributed by atoms with Crippen LogP contribution in [0.2, 0.25) is 0 Å². The SMILES string of the molecule is CCOC(=O)C([O-])=Nc1ccccc1.[Li+]. The first-order valence-electron chi connectivity index (χ1n) is 4.22. The molecule has 0 N–H and O–H groups in total. The fraction of sp³-hybridized carbons (Fsp3) is 0.200. The van der Waals surface area contributed by atoms with Crippen LogP contribution in [0.25, 0.3) is 0 Å². The third-order valence-corrected chi connectivity index (χ3v) is 1.44. The molecule has 0 saturated heterocycles. The number of hydrogen-bond acceptors (Lipinski definition) is 4. The van der Waals surface area contributed by atoms with Crippen molar-refractivity contribution in [2.24, 2.45) is 4.99 Å². The zero-order valence-electron chi connectivity index (χ0n) is 8.77. The summed E-state index contributed by atoms with van der Waals surface area (Å²) in [6.45, 7) is 1.81. The van der Waals surface area contributed by atoms with Crippen LogP contribution in [0.5, 0.6) is 0 Å². The van der Waals surface area contributed by atoms with Gasteiger partial charge in [0.1, 0.15) is 0 Å². The smallest absolute Gasteiger partial charge is 0.854 e. The fourth-order valence-corrected chi connectivity index (χ4v) is 0.858. The van der Waals surface area contributed by atoms with E-state index in [9.17, 15) is 9.90 Å². The number of benzene rings is 1. The van der Waals surface area contributed by atoms with E-state index >= 15 is 0 Å². The van der Waals surface area contributed by atoms with Gasteiger partial charge in [-0.3, -0.25) is 4.99 Å². The largest absolute Gasteiger partial charge is 1.00 e. The number of ether oxygens (including phenoxy) is 1. The molecule has 0 amide bonds. The van der Waals surface area contributed by atoms with Crippen LogP contribution < -0.4 is 24.0 Å². The molecular formula is C10H10LiNO3. The molecule has 15 heavy (non-hydrogen) atoms. The summed E-state index contributed by atoms with van der Waals surface area (Å²) in [6, 6.07) is 8.54. The van der Waals surface area contributed by atoms with Crippen LogP contribution in [-0.2, 0) is 9.53 Å². The Bertz CT molecular complexity index is 338. The second kappa shape index (κ2) is 7.10. The summed E-state index contributed by atoms with van der Waals surface area (Å²) < 4.78 is 4.49. The Morgan fingerprint density at radius 1 is 1.40 bits per heavy atom. The molecule has 0 unspecified atom stereocenters. The number of aliphatic imine (C=N–C) groups is 1. The Morgan fingerprint density at radius 2 is 2.00 bits per heavy atom. The molecule has 0 aliphatic rings. The Labute approximate surface area is 100 Å². The second-order valence-electron chi connectivity index (χ2n) is 2.47. The van der Waals surface area contributed by atoms with Gasteiger partial charge < -0.3 is 9.84 Å². The molecule has 74 valence electrons. The average Bonchev–Trinajstić information content (AvgIpc) is 2.19. The summed E-state index contributed by atoms with van der Waals surface area (Å²) in [5, 5.41) is 11.1. The van der Waals surface area contributed by atoms with Gasteiger partial charge in [-0.05, 0) is 19.1 Å². The van der Waals surface area contributed by atoms with E-state index in [1.54, 1.807) is 37.3 Å². The van der Waals surface area contributed by atoms with E-state index in [-0.39, 0.29) is 25.5 Å². The van der Waals surface area contributed by atoms with Gasteiger partial charge in [-0.2, -0.15) is 0 Å². The summed E-state index contributed by atoms with van der Waals surface area (Å²) in [6.07, 6.45) is 0. The molecule has 4 nitrogen and oxygen atoms in total. The maximum Gasteiger partial charge on any atom is 1.00 e. The first kappa shape index (κ1) is 13.8. The quantitative estimate of drug-likeness (QED) is 0.232. The van der Waals surface area contributed by atoms with Crippen molar-refractivity contribution < 1.29 is 33.5 Å². The van der Waals surface area contributed by atoms with Gasteiger partial charge in [0.25, 0.3) is 0 Å². The molecule has 0 radical (unpaired) electrons. The van der Waals surface area contributed by atoms with E-state index < -0.39 is 11.9 Å². The van der Waals surface area contributed by atoms with Crippen LogP contribution in [-0.4, -0.2) is 18.5 Å². The molecule has 5 heteroatoms. The van der Waals surface area contributed by atoms with Crippen LogP contribution in [0.1, 0.15) is 6.92 Å². The van der Waals surface area contributed by atoms with Gasteiger partial charge in [0, 0.05) is 0 Å². The van der Waals surface area contributed by atoms with Crippen LogP contribution >= 0.6 is 0 Å². The van der Waals surface area contributed by atoms with Gasteiger partial charge in [0.05, 0.1) is 18.2 Å². The van der Waals surface area contributed by atoms with E-state index in [4.69, 9.17) is 0 Å². The Balaban J connectivity index is 0.00000196. The van der Waals surface area contributed by atoms with E-state index in [0.29, 0.717) is 5.69 Å². The Morgan fingerprint density at radius 3 is 2.53 bits per heavy atom. The molecule has 0 fully saturated rings. The topological polar surface area (TPSA) is 61.7 Å². The van der Waals surface area contributed by atoms with Crippen molar-refractivity contribution in [3.63, 3.8) is 0 Å². The standard InChI is InChI=1S/C10H11NO3.Li/c1-2-14-10(13)9(12)11-8-6-4-3-5-7-8;/h3-7H,2H2,1H3,(H,11,12);/q;+1/p-1. The first-order valence-corrected chi connectivity index (χ1v) is 4.22. The minimum atomic E-state index is -0.920. The fourth-order valence-electron chi connectivity index (χ4n) is 0.858. The zero-order chi connectivity index (χ0) is 10.4. The molecule has 0 saturated carbocycles. The molecule has 0 aromatic heterocycles. The van der Waals surface area contributed by atoms with Gasteiger partial charge in [-0.1, -0.05) is 18.2 Å². The summed E-state index contributed by atoms with van der Waals surface area (Å²) in [7, 11) is 0. The van der Waals surface area contributed by atoms with Crippen molar-refractivity contribution in [3.8, 4) is 0 Å². The second-order valence-corrected chi connectivity index (χ2v) is 2.47. The molecule has 0 aliphatic heterocycles. The minimum Gasteiger partial charge on any atom is -0.854 e. The third kappa shape index (κ3) is 4.68. The number of rotatable bonds is 2. The molecular weight excluding hydrogens is 189 g/mol. The zero-order valence-corrected chi connectivity index (χ0v) is 8.77. The van der Waals surface area contributed by atoms with E-state index in [2.05, 4.69) is 9.73 Å². The van der Waals surface area contributed by atoms with Crippen molar-refractivity contribution in [1.82, 2.24) is 0 Å². The summed E-state index contributed by atoms with van der Waals surface area (Å²) >= 11 is 0. The van der Waals surface area contributed by atoms with Crippen LogP contribution in [0, 0.1) is 0 Å². The summed E-state index contributed by atoms with van der Waals surface area (Å²) in [5.74, 6) is -1.80. The van der Waals surface area contributed by atoms with Crippen molar-refractivity contribution in [2.75, 3.05) is 6.61 Å². The number of carbonyl (C=O) groups is 1. The minimum absolute atomic E-state index is 0. The van der Waals surface area contributed by atoms with Crippen molar-refractivity contribution in [1.29, 1.82) is 0 Å². The predicted octanol–water partition coefficient (Wildman–Crippen LogP) is -2.36. The molecule has 0 atom stereocenters. The predicted molar refractivity (Wildman–Crippen MR) is 50.2 cm³/mol. The Hall–Kier alpha value is -1.24. The van der Waals surface area contributed by atoms with Crippen molar-refractivity contribution in [2.45, 2.75) is 6.92 Å². The van der Waals surface area contributed by atoms with Gasteiger partial charge in [0.2, 0.25) is 0 Å². The number of esters is 1. The van der Waals surface area contributed by atoms with Crippen molar-refractivity contribution in [3.05, 3.63) is 30.3 Å². The molecule has 0 spiro atoms. The monoisotopic (exact) mass is 199 g/mol. The summed E-state index contributed by atoms with van der Waals surface area (Å²) in [5.41, 5.74) is 0.450. The number of nitrogens with zero attached hydrogens (tertiary/aromatic N) is 1. The number of carbonyl (C=O) groups excluding carboxylic acids is 1. The first-order chi connectivity index (χ1) is 6.74. The van der Waals surface area contributed by atoms with Gasteiger partial charge >= 0.3 is 24.8 Å². The van der Waals surface area contributed by atoms with Gasteiger partial charge in [0.15, 0.2) is 0 Å². The molecule has 1 rings (SSSR count). The number of hydrogen-bond donors (Lipinski definition) is 0. The van der Waals surface area contributed by atoms with Gasteiger partial charge in [-0.25, -0.2) is 4.79 Å². The molecule has 0 aliphatic carbocycles. The molecule has 1 aromatic rings. The summed E-state index contributed by atoms with van der Waals surface area (Å²) in [4.78, 5) is 14.4. The maximum absolute atomic E-state index is 11.1. The molecule has 1 aromatic carbocycles. The maximum atomic E-state index is 11.1. The van der Waals surface area contributed by atoms with E-state index in [1.165, 1.54) is 0 Å². The molecule has 0 heterocycles. The van der Waals surface area contributed by atoms with Crippen molar-refractivity contribution >= 4 is 17.6 Å². The van der Waals surface area contributed by atoms with E-state index in [1.807, 2.05) is 0 Å². The Kier molecular flexibility index (Phi) is 6.51. The molecule has 0 bridgehead atoms. The average molecular weight is 199 g/mol. The third-order valence-electron chi connectivity index (χ3n) is 1.44. The van der Waals surface area contributed by atoms with Crippen LogP contribution in [0.15, 0.2) is 35.3 Å². The van der Waals surface area contributed by atoms with Crippen LogP contribution in [0.3, 0.4) is 0 Å². The van der Waals surface area contributed by atoms with E-state index in [0.717, 1.165) is 0 Å². The van der Waals surface area contributed by atoms with Gasteiger partial charge in [-0.15, -0.1) is 0 Å². The van der Waals surface area contributed by atoms with Crippen LogP contribution in [0.4, 0.5) is 5.69 Å². The number of para-hydroxylation sites is 1.